The van der Waals surface area contributed by atoms with Crippen LogP contribution in [-0.2, 0) is 6.42 Å². The van der Waals surface area contributed by atoms with Gasteiger partial charge in [0.15, 0.2) is 5.78 Å². The molecule has 0 saturated heterocycles. The number of nitrogens with zero attached hydrogens (tertiary/aromatic N) is 1. The molecule has 1 aromatic heterocycles. The van der Waals surface area contributed by atoms with Crippen molar-refractivity contribution >= 4 is 21.7 Å². The number of benzene rings is 1. The van der Waals surface area contributed by atoms with E-state index < -0.39 is 0 Å². The van der Waals surface area contributed by atoms with E-state index in [0.29, 0.717) is 6.42 Å². The standard InChI is InChI=1S/C13H10BrNO/c14-12-5-1-4-11(8-12)13(16)7-10-3-2-6-15-9-10/h1-6,8-9H,7H2. The van der Waals surface area contributed by atoms with Crippen LogP contribution in [0.15, 0.2) is 53.3 Å². The quantitative estimate of drug-likeness (QED) is 0.805. The number of carbonyl (C=O) groups excluding carboxylic acids is 1. The summed E-state index contributed by atoms with van der Waals surface area (Å²) in [5.74, 6) is 0.106. The molecule has 3 heteroatoms. The molecule has 0 aliphatic rings. The highest BCUT2D eigenvalue weighted by Crippen LogP contribution is 2.13. The summed E-state index contributed by atoms with van der Waals surface area (Å²) < 4.78 is 0.921. The maximum absolute atomic E-state index is 11.9. The lowest BCUT2D eigenvalue weighted by Crippen LogP contribution is -2.03. The first-order chi connectivity index (χ1) is 7.75. The van der Waals surface area contributed by atoms with Crippen LogP contribution in [-0.4, -0.2) is 10.8 Å². The van der Waals surface area contributed by atoms with Gasteiger partial charge in [0.05, 0.1) is 0 Å². The fourth-order valence-corrected chi connectivity index (χ4v) is 1.85. The van der Waals surface area contributed by atoms with Gasteiger partial charge < -0.3 is 0 Å². The monoisotopic (exact) mass is 275 g/mol. The van der Waals surface area contributed by atoms with Gasteiger partial charge in [-0.25, -0.2) is 0 Å². The Morgan fingerprint density at radius 2 is 2.12 bits per heavy atom. The van der Waals surface area contributed by atoms with Crippen molar-refractivity contribution in [3.05, 3.63) is 64.4 Å². The first-order valence-corrected chi connectivity index (χ1v) is 5.72. The van der Waals surface area contributed by atoms with Crippen molar-refractivity contribution in [2.45, 2.75) is 6.42 Å². The molecule has 2 rings (SSSR count). The zero-order valence-corrected chi connectivity index (χ0v) is 10.1. The van der Waals surface area contributed by atoms with Crippen molar-refractivity contribution in [1.82, 2.24) is 4.98 Å². The van der Waals surface area contributed by atoms with Crippen LogP contribution in [0.3, 0.4) is 0 Å². The summed E-state index contributed by atoms with van der Waals surface area (Å²) in [7, 11) is 0. The van der Waals surface area contributed by atoms with E-state index in [1.165, 1.54) is 0 Å². The Morgan fingerprint density at radius 3 is 2.81 bits per heavy atom. The molecule has 2 nitrogen and oxygen atoms in total. The first kappa shape index (κ1) is 11.0. The molecule has 16 heavy (non-hydrogen) atoms. The molecule has 0 atom stereocenters. The van der Waals surface area contributed by atoms with Crippen molar-refractivity contribution in [3.8, 4) is 0 Å². The molecule has 0 amide bonds. The van der Waals surface area contributed by atoms with Crippen LogP contribution in [0.2, 0.25) is 0 Å². The lowest BCUT2D eigenvalue weighted by Gasteiger charge is -2.01. The summed E-state index contributed by atoms with van der Waals surface area (Å²) in [6, 6.07) is 11.2. The summed E-state index contributed by atoms with van der Waals surface area (Å²) >= 11 is 3.35. The van der Waals surface area contributed by atoms with Gasteiger partial charge in [0.25, 0.3) is 0 Å². The topological polar surface area (TPSA) is 30.0 Å². The van der Waals surface area contributed by atoms with Crippen molar-refractivity contribution in [2.24, 2.45) is 0 Å². The molecule has 0 bridgehead atoms. The van der Waals surface area contributed by atoms with Gasteiger partial charge in [-0.3, -0.25) is 9.78 Å². The van der Waals surface area contributed by atoms with Crippen molar-refractivity contribution in [2.75, 3.05) is 0 Å². The van der Waals surface area contributed by atoms with Crippen LogP contribution in [0.1, 0.15) is 15.9 Å². The van der Waals surface area contributed by atoms with E-state index in [-0.39, 0.29) is 5.78 Å². The molecule has 0 aliphatic heterocycles. The molecule has 0 spiro atoms. The molecule has 80 valence electrons. The maximum atomic E-state index is 11.9. The third kappa shape index (κ3) is 2.76. The molecule has 0 aliphatic carbocycles. The maximum Gasteiger partial charge on any atom is 0.167 e. The van der Waals surface area contributed by atoms with E-state index in [2.05, 4.69) is 20.9 Å². The van der Waals surface area contributed by atoms with Crippen molar-refractivity contribution < 1.29 is 4.79 Å². The SMILES string of the molecule is O=C(Cc1cccnc1)c1cccc(Br)c1. The van der Waals surface area contributed by atoms with E-state index in [0.717, 1.165) is 15.6 Å². The normalized spacial score (nSPS) is 10.1. The van der Waals surface area contributed by atoms with Gasteiger partial charge in [-0.05, 0) is 23.8 Å². The van der Waals surface area contributed by atoms with Crippen LogP contribution in [0.5, 0.6) is 0 Å². The second-order valence-electron chi connectivity index (χ2n) is 3.47. The lowest BCUT2D eigenvalue weighted by atomic mass is 10.0. The second kappa shape index (κ2) is 5.03. The Hall–Kier alpha value is -1.48. The molecule has 1 aromatic carbocycles. The largest absolute Gasteiger partial charge is 0.294 e. The third-order valence-electron chi connectivity index (χ3n) is 2.23. The fraction of sp³-hybridized carbons (Fsp3) is 0.0769. The predicted molar refractivity (Wildman–Crippen MR) is 66.4 cm³/mol. The van der Waals surface area contributed by atoms with E-state index in [1.54, 1.807) is 12.4 Å². The number of halogens is 1. The highest BCUT2D eigenvalue weighted by atomic mass is 79.9. The molecule has 2 aromatic rings. The molecular weight excluding hydrogens is 266 g/mol. The van der Waals surface area contributed by atoms with Gasteiger partial charge in [0.2, 0.25) is 0 Å². The number of hydrogen-bond acceptors (Lipinski definition) is 2. The second-order valence-corrected chi connectivity index (χ2v) is 4.39. The number of carbonyl (C=O) groups is 1. The van der Waals surface area contributed by atoms with Gasteiger partial charge in [-0.15, -0.1) is 0 Å². The summed E-state index contributed by atoms with van der Waals surface area (Å²) in [5.41, 5.74) is 1.66. The fourth-order valence-electron chi connectivity index (χ4n) is 1.45. The molecular formula is C13H10BrNO. The summed E-state index contributed by atoms with van der Waals surface area (Å²) in [4.78, 5) is 15.9. The average Bonchev–Trinajstić information content (AvgIpc) is 2.30. The lowest BCUT2D eigenvalue weighted by molar-refractivity contribution is 0.0993. The van der Waals surface area contributed by atoms with Gasteiger partial charge in [0.1, 0.15) is 0 Å². The molecule has 0 radical (unpaired) electrons. The molecule has 0 fully saturated rings. The number of rotatable bonds is 3. The summed E-state index contributed by atoms with van der Waals surface area (Å²) in [5, 5.41) is 0. The first-order valence-electron chi connectivity index (χ1n) is 4.93. The van der Waals surface area contributed by atoms with Crippen LogP contribution in [0, 0.1) is 0 Å². The molecule has 0 N–H and O–H groups in total. The molecule has 0 saturated carbocycles. The smallest absolute Gasteiger partial charge is 0.167 e. The zero-order valence-electron chi connectivity index (χ0n) is 8.56. The van der Waals surface area contributed by atoms with Crippen molar-refractivity contribution in [1.29, 1.82) is 0 Å². The number of ketones is 1. The van der Waals surface area contributed by atoms with Crippen LogP contribution < -0.4 is 0 Å². The Morgan fingerprint density at radius 1 is 1.25 bits per heavy atom. The minimum Gasteiger partial charge on any atom is -0.294 e. The van der Waals surface area contributed by atoms with Crippen molar-refractivity contribution in [3.63, 3.8) is 0 Å². The van der Waals surface area contributed by atoms with E-state index in [4.69, 9.17) is 0 Å². The number of Topliss-reactive ketones (excluding diaryl/α,β-unsaturated/α-hetero) is 1. The number of aromatic nitrogens is 1. The Balaban J connectivity index is 2.15. The van der Waals surface area contributed by atoms with Crippen LogP contribution >= 0.6 is 15.9 Å². The Labute approximate surface area is 102 Å². The zero-order chi connectivity index (χ0) is 11.4. The van der Waals surface area contributed by atoms with E-state index >= 15 is 0 Å². The average molecular weight is 276 g/mol. The van der Waals surface area contributed by atoms with Gasteiger partial charge in [-0.2, -0.15) is 0 Å². The number of hydrogen-bond donors (Lipinski definition) is 0. The highest BCUT2D eigenvalue weighted by Gasteiger charge is 2.06. The van der Waals surface area contributed by atoms with Gasteiger partial charge >= 0.3 is 0 Å². The van der Waals surface area contributed by atoms with E-state index in [9.17, 15) is 4.79 Å². The minimum atomic E-state index is 0.106. The number of pyridine rings is 1. The van der Waals surface area contributed by atoms with E-state index in [1.807, 2.05) is 36.4 Å². The van der Waals surface area contributed by atoms with Crippen LogP contribution in [0.25, 0.3) is 0 Å². The Kier molecular flexibility index (Phi) is 3.47. The minimum absolute atomic E-state index is 0.106. The highest BCUT2D eigenvalue weighted by molar-refractivity contribution is 9.10. The summed E-state index contributed by atoms with van der Waals surface area (Å²) in [6.45, 7) is 0. The third-order valence-corrected chi connectivity index (χ3v) is 2.73. The Bertz CT molecular complexity index is 496. The molecule has 0 unspecified atom stereocenters. The predicted octanol–water partition coefficient (Wildman–Crippen LogP) is 3.27. The van der Waals surface area contributed by atoms with Gasteiger partial charge in [0, 0.05) is 28.9 Å². The van der Waals surface area contributed by atoms with Crippen LogP contribution in [0.4, 0.5) is 0 Å². The molecule has 1 heterocycles. The van der Waals surface area contributed by atoms with Gasteiger partial charge in [-0.1, -0.05) is 34.1 Å². The summed E-state index contributed by atoms with van der Waals surface area (Å²) in [6.07, 6.45) is 3.81.